The van der Waals surface area contributed by atoms with Crippen molar-refractivity contribution in [3.05, 3.63) is 29.8 Å². The van der Waals surface area contributed by atoms with Crippen molar-refractivity contribution in [1.82, 2.24) is 5.32 Å². The molecule has 0 heterocycles. The first-order valence-corrected chi connectivity index (χ1v) is 9.92. The first-order chi connectivity index (χ1) is 13.0. The van der Waals surface area contributed by atoms with Crippen LogP contribution < -0.4 is 15.8 Å². The van der Waals surface area contributed by atoms with E-state index < -0.39 is 17.3 Å². The van der Waals surface area contributed by atoms with Gasteiger partial charge in [0.1, 0.15) is 5.75 Å². The summed E-state index contributed by atoms with van der Waals surface area (Å²) in [4.78, 5) is 13.0. The zero-order valence-electron chi connectivity index (χ0n) is 16.6. The predicted octanol–water partition coefficient (Wildman–Crippen LogP) is 4.31. The zero-order chi connectivity index (χ0) is 20.3. The molecular weight excluding hydrogens is 405 g/mol. The van der Waals surface area contributed by atoms with Gasteiger partial charge in [-0.3, -0.25) is 4.79 Å². The minimum atomic E-state index is -4.54. The van der Waals surface area contributed by atoms with Crippen LogP contribution in [0.2, 0.25) is 0 Å². The van der Waals surface area contributed by atoms with E-state index in [-0.39, 0.29) is 35.6 Å². The van der Waals surface area contributed by atoms with E-state index in [9.17, 15) is 18.0 Å². The van der Waals surface area contributed by atoms with Crippen molar-refractivity contribution in [3.8, 4) is 5.75 Å². The van der Waals surface area contributed by atoms with E-state index in [1.165, 1.54) is 32.0 Å². The summed E-state index contributed by atoms with van der Waals surface area (Å²) in [6.45, 7) is 3.02. The lowest BCUT2D eigenvalue weighted by molar-refractivity contribution is -0.145. The Kier molecular flexibility index (Phi) is 5.63. The lowest BCUT2D eigenvalue weighted by Gasteiger charge is -2.59. The second-order valence-electron chi connectivity index (χ2n) is 9.44. The summed E-state index contributed by atoms with van der Waals surface area (Å²) in [5.74, 6) is 0.615. The lowest BCUT2D eigenvalue weighted by Crippen LogP contribution is -2.66. The minimum Gasteiger partial charge on any atom is -0.477 e. The molecule has 162 valence electrons. The monoisotopic (exact) mass is 432 g/mol. The summed E-state index contributed by atoms with van der Waals surface area (Å²) in [6, 6.07) is 5.01. The Bertz CT molecular complexity index is 767. The molecule has 4 aliphatic carbocycles. The van der Waals surface area contributed by atoms with Crippen molar-refractivity contribution in [2.45, 2.75) is 69.3 Å². The molecule has 4 bridgehead atoms. The highest BCUT2D eigenvalue weighted by Crippen LogP contribution is 2.54. The maximum absolute atomic E-state index is 13.2. The molecule has 0 saturated heterocycles. The Morgan fingerprint density at radius 3 is 2.28 bits per heavy atom. The van der Waals surface area contributed by atoms with Crippen LogP contribution in [0.5, 0.6) is 5.75 Å². The van der Waals surface area contributed by atoms with E-state index in [1.807, 2.05) is 0 Å². The molecule has 0 aliphatic heterocycles. The fraction of sp³-hybridized carbons (Fsp3) is 0.667. The normalized spacial score (nSPS) is 33.2. The zero-order valence-corrected chi connectivity index (χ0v) is 17.4. The van der Waals surface area contributed by atoms with Gasteiger partial charge in [0.25, 0.3) is 5.91 Å². The number of benzene rings is 1. The fourth-order valence-electron chi connectivity index (χ4n) is 5.76. The van der Waals surface area contributed by atoms with Crippen LogP contribution in [0.15, 0.2) is 24.3 Å². The first-order valence-electron chi connectivity index (χ1n) is 9.92. The first kappa shape index (κ1) is 22.2. The fourth-order valence-corrected chi connectivity index (χ4v) is 5.76. The van der Waals surface area contributed by atoms with E-state index in [4.69, 9.17) is 10.5 Å². The molecule has 0 radical (unpaired) electrons. The van der Waals surface area contributed by atoms with Gasteiger partial charge < -0.3 is 15.8 Å². The number of amides is 1. The van der Waals surface area contributed by atoms with Crippen LogP contribution in [0.3, 0.4) is 0 Å². The van der Waals surface area contributed by atoms with E-state index in [2.05, 4.69) is 5.32 Å². The van der Waals surface area contributed by atoms with Crippen molar-refractivity contribution < 1.29 is 22.7 Å². The SMILES string of the molecule is CC(C)(Oc1ccccc1C(F)(F)F)C(=O)NC1[C@@H]2CC3C[C@H]1CC(N)(C3)C2.Cl. The molecule has 1 aromatic carbocycles. The van der Waals surface area contributed by atoms with Crippen LogP contribution >= 0.6 is 12.4 Å². The summed E-state index contributed by atoms with van der Waals surface area (Å²) in [5.41, 5.74) is 4.11. The number of nitrogens with one attached hydrogen (secondary N) is 1. The molecule has 1 aromatic rings. The Hall–Kier alpha value is -1.47. The number of hydrogen-bond donors (Lipinski definition) is 2. The van der Waals surface area contributed by atoms with Crippen LogP contribution in [-0.4, -0.2) is 23.1 Å². The largest absolute Gasteiger partial charge is 0.477 e. The summed E-state index contributed by atoms with van der Waals surface area (Å²) < 4.78 is 45.3. The standard InChI is InChI=1S/C21H27F3N2O2.ClH/c1-19(2,28-16-6-4-3-5-15(16)21(22,23)24)18(27)26-17-13-7-12-8-14(17)11-20(25,9-12)10-13;/h3-6,12-14,17H,7-11,25H2,1-2H3,(H,26,27);1H/t12?,13-,14+,17?,20?;. The van der Waals surface area contributed by atoms with Gasteiger partial charge in [-0.05, 0) is 75.8 Å². The minimum absolute atomic E-state index is 0. The quantitative estimate of drug-likeness (QED) is 0.745. The molecule has 3 unspecified atom stereocenters. The highest BCUT2D eigenvalue weighted by atomic mass is 35.5. The molecule has 4 aliphatic rings. The third-order valence-corrected chi connectivity index (χ3v) is 6.72. The van der Waals surface area contributed by atoms with Crippen LogP contribution in [0.25, 0.3) is 0 Å². The van der Waals surface area contributed by atoms with Crippen molar-refractivity contribution >= 4 is 18.3 Å². The maximum atomic E-state index is 13.2. The molecule has 0 spiro atoms. The third kappa shape index (κ3) is 4.22. The van der Waals surface area contributed by atoms with Gasteiger partial charge in [0.15, 0.2) is 5.60 Å². The molecule has 5 atom stereocenters. The molecule has 1 amide bonds. The number of rotatable bonds is 4. The molecule has 3 N–H and O–H groups in total. The van der Waals surface area contributed by atoms with Crippen LogP contribution in [0, 0.1) is 17.8 Å². The number of nitrogens with two attached hydrogens (primary N) is 1. The molecule has 29 heavy (non-hydrogen) atoms. The van der Waals surface area contributed by atoms with Crippen molar-refractivity contribution in [2.75, 3.05) is 0 Å². The number of halogens is 4. The number of alkyl halides is 3. The third-order valence-electron chi connectivity index (χ3n) is 6.72. The number of para-hydroxylation sites is 1. The summed E-state index contributed by atoms with van der Waals surface area (Å²) in [5, 5.41) is 3.10. The maximum Gasteiger partial charge on any atom is 0.419 e. The predicted molar refractivity (Wildman–Crippen MR) is 106 cm³/mol. The molecule has 0 aromatic heterocycles. The summed E-state index contributed by atoms with van der Waals surface area (Å²) >= 11 is 0. The van der Waals surface area contributed by atoms with Gasteiger partial charge in [-0.25, -0.2) is 0 Å². The second kappa shape index (κ2) is 7.34. The molecule has 5 rings (SSSR count). The average molecular weight is 433 g/mol. The van der Waals surface area contributed by atoms with Gasteiger partial charge in [-0.15, -0.1) is 12.4 Å². The van der Waals surface area contributed by atoms with E-state index >= 15 is 0 Å². The molecule has 4 fully saturated rings. The number of carbonyl (C=O) groups is 1. The van der Waals surface area contributed by atoms with Crippen molar-refractivity contribution in [1.29, 1.82) is 0 Å². The average Bonchev–Trinajstić information content (AvgIpc) is 2.55. The van der Waals surface area contributed by atoms with Crippen molar-refractivity contribution in [2.24, 2.45) is 23.5 Å². The molecular formula is C21H28ClF3N2O2. The molecule has 8 heteroatoms. The molecule has 4 saturated carbocycles. The topological polar surface area (TPSA) is 64.3 Å². The highest BCUT2D eigenvalue weighted by molar-refractivity contribution is 5.85. The highest BCUT2D eigenvalue weighted by Gasteiger charge is 2.54. The number of carbonyl (C=O) groups excluding carboxylic acids is 1. The lowest BCUT2D eigenvalue weighted by atomic mass is 9.51. The van der Waals surface area contributed by atoms with E-state index in [0.717, 1.165) is 38.2 Å². The Morgan fingerprint density at radius 1 is 1.14 bits per heavy atom. The van der Waals surface area contributed by atoms with E-state index in [1.54, 1.807) is 0 Å². The molecule has 4 nitrogen and oxygen atoms in total. The van der Waals surface area contributed by atoms with E-state index in [0.29, 0.717) is 17.8 Å². The van der Waals surface area contributed by atoms with Crippen LogP contribution in [0.1, 0.15) is 51.5 Å². The smallest absolute Gasteiger partial charge is 0.419 e. The summed E-state index contributed by atoms with van der Waals surface area (Å²) in [7, 11) is 0. The van der Waals surface area contributed by atoms with Crippen LogP contribution in [-0.2, 0) is 11.0 Å². The van der Waals surface area contributed by atoms with Gasteiger partial charge >= 0.3 is 6.18 Å². The van der Waals surface area contributed by atoms with Gasteiger partial charge in [0, 0.05) is 11.6 Å². The Labute approximate surface area is 175 Å². The second-order valence-corrected chi connectivity index (χ2v) is 9.44. The van der Waals surface area contributed by atoms with Crippen molar-refractivity contribution in [3.63, 3.8) is 0 Å². The van der Waals surface area contributed by atoms with Gasteiger partial charge in [-0.1, -0.05) is 12.1 Å². The number of hydrogen-bond acceptors (Lipinski definition) is 3. The van der Waals surface area contributed by atoms with Gasteiger partial charge in [0.05, 0.1) is 5.56 Å². The van der Waals surface area contributed by atoms with Gasteiger partial charge in [-0.2, -0.15) is 13.2 Å². The Morgan fingerprint density at radius 2 is 1.72 bits per heavy atom. The van der Waals surface area contributed by atoms with Gasteiger partial charge in [0.2, 0.25) is 0 Å². The van der Waals surface area contributed by atoms with Crippen LogP contribution in [0.4, 0.5) is 13.2 Å². The number of ether oxygens (including phenoxy) is 1. The summed E-state index contributed by atoms with van der Waals surface area (Å²) in [6.07, 6.45) is 0.479. The Balaban J connectivity index is 0.00000240.